The predicted molar refractivity (Wildman–Crippen MR) is 115 cm³/mol. The number of ether oxygens (including phenoxy) is 1. The van der Waals surface area contributed by atoms with Crippen molar-refractivity contribution in [1.29, 1.82) is 0 Å². The lowest BCUT2D eigenvalue weighted by Crippen LogP contribution is -2.35. The van der Waals surface area contributed by atoms with Crippen LogP contribution in [0.2, 0.25) is 0 Å². The summed E-state index contributed by atoms with van der Waals surface area (Å²) in [6, 6.07) is 11.7. The van der Waals surface area contributed by atoms with Crippen LogP contribution in [0.4, 0.5) is 8.78 Å². The number of nitrogens with zero attached hydrogens (tertiary/aromatic N) is 2. The summed E-state index contributed by atoms with van der Waals surface area (Å²) in [7, 11) is 1.55. The molecule has 3 aromatic rings. The van der Waals surface area contributed by atoms with Gasteiger partial charge < -0.3 is 9.64 Å². The monoisotopic (exact) mass is 430 g/mol. The van der Waals surface area contributed by atoms with Crippen LogP contribution >= 0.6 is 11.3 Å². The van der Waals surface area contributed by atoms with Gasteiger partial charge in [-0.1, -0.05) is 24.3 Å². The molecular weight excluding hydrogens is 406 g/mol. The van der Waals surface area contributed by atoms with Crippen LogP contribution in [0.15, 0.2) is 42.5 Å². The van der Waals surface area contributed by atoms with Crippen LogP contribution in [0.25, 0.3) is 10.1 Å². The van der Waals surface area contributed by atoms with Gasteiger partial charge >= 0.3 is 0 Å². The number of hydrogen-bond acceptors (Lipinski definition) is 4. The Hall–Kier alpha value is -2.35. The smallest absolute Gasteiger partial charge is 0.264 e. The van der Waals surface area contributed by atoms with E-state index >= 15 is 0 Å². The molecular formula is C23H24F2N2O2S. The highest BCUT2D eigenvalue weighted by Crippen LogP contribution is 2.34. The molecule has 0 N–H and O–H groups in total. The fraction of sp³-hybridized carbons (Fsp3) is 0.348. The summed E-state index contributed by atoms with van der Waals surface area (Å²) in [5.41, 5.74) is 1.28. The van der Waals surface area contributed by atoms with E-state index in [4.69, 9.17) is 4.74 Å². The van der Waals surface area contributed by atoms with E-state index in [9.17, 15) is 13.6 Å². The van der Waals surface area contributed by atoms with E-state index in [1.165, 1.54) is 23.5 Å². The summed E-state index contributed by atoms with van der Waals surface area (Å²) in [6.45, 7) is 3.35. The quantitative estimate of drug-likeness (QED) is 0.590. The maximum Gasteiger partial charge on any atom is 0.264 e. The summed E-state index contributed by atoms with van der Waals surface area (Å²) in [6.07, 6.45) is 0.805. The SMILES string of the molecule is COCc1c(C(=O)N2CCCN(Cc3ccccc3F)CC2)sc2cccc(F)c12. The van der Waals surface area contributed by atoms with Crippen LogP contribution in [0, 0.1) is 11.6 Å². The number of carbonyl (C=O) groups excluding carboxylic acids is 1. The van der Waals surface area contributed by atoms with Crippen molar-refractivity contribution in [3.05, 3.63) is 70.1 Å². The van der Waals surface area contributed by atoms with Crippen LogP contribution < -0.4 is 0 Å². The van der Waals surface area contributed by atoms with Gasteiger partial charge in [0.25, 0.3) is 5.91 Å². The minimum atomic E-state index is -0.332. The Kier molecular flexibility index (Phi) is 6.41. The topological polar surface area (TPSA) is 32.8 Å². The van der Waals surface area contributed by atoms with Gasteiger partial charge in [0, 0.05) is 61.0 Å². The Labute approximate surface area is 178 Å². The number of methoxy groups -OCH3 is 1. The standard InChI is InChI=1S/C23H24F2N2O2S/c1-29-15-17-21-19(25)8-4-9-20(21)30-22(17)23(28)27-11-5-10-26(12-13-27)14-16-6-2-3-7-18(16)24/h2-4,6-9H,5,10-15H2,1H3. The van der Waals surface area contributed by atoms with E-state index in [0.717, 1.165) is 17.7 Å². The zero-order valence-corrected chi connectivity index (χ0v) is 17.7. The third kappa shape index (κ3) is 4.24. The molecule has 158 valence electrons. The molecule has 1 amide bonds. The molecule has 30 heavy (non-hydrogen) atoms. The Morgan fingerprint density at radius 3 is 2.63 bits per heavy atom. The third-order valence-electron chi connectivity index (χ3n) is 5.47. The Morgan fingerprint density at radius 2 is 1.83 bits per heavy atom. The first-order chi connectivity index (χ1) is 14.6. The number of thiophene rings is 1. The van der Waals surface area contributed by atoms with Crippen LogP contribution in [-0.4, -0.2) is 49.0 Å². The van der Waals surface area contributed by atoms with Crippen molar-refractivity contribution in [3.63, 3.8) is 0 Å². The number of hydrogen-bond donors (Lipinski definition) is 0. The van der Waals surface area contributed by atoms with Crippen molar-refractivity contribution in [3.8, 4) is 0 Å². The second-order valence-corrected chi connectivity index (χ2v) is 8.52. The number of rotatable bonds is 5. The maximum absolute atomic E-state index is 14.4. The summed E-state index contributed by atoms with van der Waals surface area (Å²) in [5, 5.41) is 0.476. The van der Waals surface area contributed by atoms with Gasteiger partial charge in [0.15, 0.2) is 0 Å². The molecule has 0 radical (unpaired) electrons. The molecule has 4 rings (SSSR count). The lowest BCUT2D eigenvalue weighted by Gasteiger charge is -2.22. The second kappa shape index (κ2) is 9.20. The van der Waals surface area contributed by atoms with Gasteiger partial charge in [-0.25, -0.2) is 8.78 Å². The highest BCUT2D eigenvalue weighted by Gasteiger charge is 2.26. The molecule has 0 atom stereocenters. The van der Waals surface area contributed by atoms with E-state index in [0.29, 0.717) is 47.6 Å². The van der Waals surface area contributed by atoms with Crippen molar-refractivity contribution in [2.75, 3.05) is 33.3 Å². The zero-order valence-electron chi connectivity index (χ0n) is 16.9. The van der Waals surface area contributed by atoms with E-state index < -0.39 is 0 Å². The largest absolute Gasteiger partial charge is 0.380 e. The minimum absolute atomic E-state index is 0.0876. The fourth-order valence-electron chi connectivity index (χ4n) is 3.97. The van der Waals surface area contributed by atoms with E-state index in [1.807, 2.05) is 17.0 Å². The van der Waals surface area contributed by atoms with Crippen molar-refractivity contribution >= 4 is 27.3 Å². The molecule has 0 aliphatic carbocycles. The molecule has 2 aromatic carbocycles. The van der Waals surface area contributed by atoms with Crippen LogP contribution in [0.5, 0.6) is 0 Å². The van der Waals surface area contributed by atoms with Crippen LogP contribution in [0.3, 0.4) is 0 Å². The molecule has 7 heteroatoms. The van der Waals surface area contributed by atoms with Gasteiger partial charge in [-0.05, 0) is 24.6 Å². The van der Waals surface area contributed by atoms with Crippen molar-refractivity contribution < 1.29 is 18.3 Å². The molecule has 4 nitrogen and oxygen atoms in total. The first kappa shape index (κ1) is 20.9. The first-order valence-corrected chi connectivity index (χ1v) is 10.8. The molecule has 1 aliphatic rings. The highest BCUT2D eigenvalue weighted by molar-refractivity contribution is 7.21. The molecule has 1 fully saturated rings. The van der Waals surface area contributed by atoms with Crippen molar-refractivity contribution in [2.24, 2.45) is 0 Å². The summed E-state index contributed by atoms with van der Waals surface area (Å²) >= 11 is 1.32. The molecule has 2 heterocycles. The van der Waals surface area contributed by atoms with E-state index in [-0.39, 0.29) is 24.1 Å². The number of carbonyl (C=O) groups is 1. The number of halogens is 2. The van der Waals surface area contributed by atoms with Gasteiger partial charge in [-0.3, -0.25) is 9.69 Å². The molecule has 1 aliphatic heterocycles. The van der Waals surface area contributed by atoms with E-state index in [2.05, 4.69) is 4.90 Å². The average molecular weight is 431 g/mol. The molecule has 1 aromatic heterocycles. The Bertz CT molecular complexity index is 1050. The average Bonchev–Trinajstić information content (AvgIpc) is 2.95. The van der Waals surface area contributed by atoms with Gasteiger partial charge in [-0.2, -0.15) is 0 Å². The van der Waals surface area contributed by atoms with Crippen molar-refractivity contribution in [1.82, 2.24) is 9.80 Å². The molecule has 0 unspecified atom stereocenters. The predicted octanol–water partition coefficient (Wildman–Crippen LogP) is 4.67. The molecule has 1 saturated heterocycles. The lowest BCUT2D eigenvalue weighted by molar-refractivity contribution is 0.0761. The number of fused-ring (bicyclic) bond motifs is 1. The number of benzene rings is 2. The van der Waals surface area contributed by atoms with Crippen molar-refractivity contribution in [2.45, 2.75) is 19.6 Å². The summed E-state index contributed by atoms with van der Waals surface area (Å²) in [5.74, 6) is -0.622. The minimum Gasteiger partial charge on any atom is -0.380 e. The lowest BCUT2D eigenvalue weighted by atomic mass is 10.1. The summed E-state index contributed by atoms with van der Waals surface area (Å²) in [4.78, 5) is 17.9. The van der Waals surface area contributed by atoms with Gasteiger partial charge in [-0.15, -0.1) is 11.3 Å². The second-order valence-electron chi connectivity index (χ2n) is 7.47. The van der Waals surface area contributed by atoms with Crippen LogP contribution in [0.1, 0.15) is 27.2 Å². The fourth-order valence-corrected chi connectivity index (χ4v) is 5.16. The van der Waals surface area contributed by atoms with Gasteiger partial charge in [0.2, 0.25) is 0 Å². The first-order valence-electron chi connectivity index (χ1n) is 10.0. The Balaban J connectivity index is 1.52. The highest BCUT2D eigenvalue weighted by atomic mass is 32.1. The molecule has 0 saturated carbocycles. The third-order valence-corrected chi connectivity index (χ3v) is 6.66. The van der Waals surface area contributed by atoms with Gasteiger partial charge in [0.1, 0.15) is 11.6 Å². The maximum atomic E-state index is 14.4. The summed E-state index contributed by atoms with van der Waals surface area (Å²) < 4.78 is 34.4. The zero-order chi connectivity index (χ0) is 21.1. The molecule has 0 bridgehead atoms. The van der Waals surface area contributed by atoms with Crippen LogP contribution in [-0.2, 0) is 17.9 Å². The van der Waals surface area contributed by atoms with Gasteiger partial charge in [0.05, 0.1) is 11.5 Å². The normalized spacial score (nSPS) is 15.5. The molecule has 0 spiro atoms. The van der Waals surface area contributed by atoms with E-state index in [1.54, 1.807) is 25.3 Å². The Morgan fingerprint density at radius 1 is 1.03 bits per heavy atom. The number of amides is 1.